The van der Waals surface area contributed by atoms with Crippen molar-refractivity contribution in [1.82, 2.24) is 0 Å². The van der Waals surface area contributed by atoms with Crippen molar-refractivity contribution >= 4 is 12.6 Å². The number of thiol groups is 1. The van der Waals surface area contributed by atoms with E-state index in [1.54, 1.807) is 0 Å². The fraction of sp³-hybridized carbons (Fsp3) is 0.455. The Morgan fingerprint density at radius 1 is 1.33 bits per heavy atom. The molecule has 1 nitrogen and oxygen atoms in total. The molecule has 0 unspecified atom stereocenters. The molecule has 0 aliphatic heterocycles. The minimum Gasteiger partial charge on any atom is -0.490 e. The van der Waals surface area contributed by atoms with Crippen LogP contribution in [0.2, 0.25) is 0 Å². The summed E-state index contributed by atoms with van der Waals surface area (Å²) < 4.78 is 31.2. The highest BCUT2D eigenvalue weighted by atomic mass is 32.1. The number of hydrogen-bond acceptors (Lipinski definition) is 2. The number of benzene rings is 1. The third-order valence-corrected chi connectivity index (χ3v) is 3.39. The Bertz CT molecular complexity index is 364. The molecule has 0 bridgehead atoms. The Labute approximate surface area is 92.8 Å². The first-order valence-corrected chi connectivity index (χ1v) is 5.47. The van der Waals surface area contributed by atoms with E-state index in [0.717, 1.165) is 36.8 Å². The van der Waals surface area contributed by atoms with E-state index >= 15 is 0 Å². The summed E-state index contributed by atoms with van der Waals surface area (Å²) in [6.07, 6.45) is 2.10. The van der Waals surface area contributed by atoms with Crippen LogP contribution in [0.5, 0.6) is 5.75 Å². The molecule has 4 heteroatoms. The zero-order valence-electron chi connectivity index (χ0n) is 8.17. The Morgan fingerprint density at radius 3 is 2.67 bits per heavy atom. The van der Waals surface area contributed by atoms with Crippen molar-refractivity contribution in [1.29, 1.82) is 0 Å². The maximum Gasteiger partial charge on any atom is 0.165 e. The van der Waals surface area contributed by atoms with Crippen LogP contribution < -0.4 is 4.74 Å². The second-order valence-electron chi connectivity index (χ2n) is 4.02. The second-order valence-corrected chi connectivity index (χ2v) is 4.34. The number of rotatable bonds is 4. The van der Waals surface area contributed by atoms with Crippen LogP contribution in [0.25, 0.3) is 0 Å². The summed E-state index contributed by atoms with van der Waals surface area (Å²) in [5.74, 6) is -0.291. The van der Waals surface area contributed by atoms with Gasteiger partial charge in [0.2, 0.25) is 0 Å². The molecule has 2 rings (SSSR count). The maximum absolute atomic E-state index is 13.2. The summed E-state index contributed by atoms with van der Waals surface area (Å²) in [7, 11) is 0. The molecule has 0 N–H and O–H groups in total. The van der Waals surface area contributed by atoms with E-state index in [1.165, 1.54) is 0 Å². The average molecular weight is 230 g/mol. The predicted molar refractivity (Wildman–Crippen MR) is 57.4 cm³/mol. The lowest BCUT2D eigenvalue weighted by molar-refractivity contribution is 0.239. The Hall–Kier alpha value is -0.770. The van der Waals surface area contributed by atoms with E-state index in [2.05, 4.69) is 12.6 Å². The van der Waals surface area contributed by atoms with Crippen molar-refractivity contribution in [3.63, 3.8) is 0 Å². The molecule has 1 aliphatic rings. The zero-order valence-corrected chi connectivity index (χ0v) is 9.07. The topological polar surface area (TPSA) is 9.23 Å². The van der Waals surface area contributed by atoms with Crippen LogP contribution in [-0.4, -0.2) is 12.4 Å². The lowest BCUT2D eigenvalue weighted by atomic mass is 10.2. The third-order valence-electron chi connectivity index (χ3n) is 2.72. The van der Waals surface area contributed by atoms with Gasteiger partial charge in [-0.15, -0.1) is 0 Å². The molecule has 0 spiro atoms. The molecule has 1 aliphatic carbocycles. The van der Waals surface area contributed by atoms with E-state index in [0.29, 0.717) is 6.61 Å². The van der Waals surface area contributed by atoms with Gasteiger partial charge in [-0.1, -0.05) is 0 Å². The quantitative estimate of drug-likeness (QED) is 0.782. The van der Waals surface area contributed by atoms with Gasteiger partial charge >= 0.3 is 0 Å². The van der Waals surface area contributed by atoms with Crippen LogP contribution in [0.15, 0.2) is 18.2 Å². The molecule has 82 valence electrons. The molecule has 1 aromatic rings. The van der Waals surface area contributed by atoms with E-state index in [1.807, 2.05) is 0 Å². The molecule has 0 saturated heterocycles. The summed E-state index contributed by atoms with van der Waals surface area (Å²) in [4.78, 5) is 0. The van der Waals surface area contributed by atoms with Gasteiger partial charge in [-0.25, -0.2) is 8.78 Å². The largest absolute Gasteiger partial charge is 0.490 e. The van der Waals surface area contributed by atoms with Gasteiger partial charge in [-0.2, -0.15) is 12.6 Å². The van der Waals surface area contributed by atoms with Crippen LogP contribution in [0.1, 0.15) is 12.8 Å². The maximum atomic E-state index is 13.2. The Balaban J connectivity index is 2.01. The number of halogens is 2. The van der Waals surface area contributed by atoms with Gasteiger partial charge < -0.3 is 4.74 Å². The van der Waals surface area contributed by atoms with Crippen molar-refractivity contribution < 1.29 is 13.5 Å². The first-order valence-electron chi connectivity index (χ1n) is 4.84. The van der Waals surface area contributed by atoms with Crippen LogP contribution in [0.4, 0.5) is 8.78 Å². The molecule has 1 aromatic carbocycles. The summed E-state index contributed by atoms with van der Waals surface area (Å²) in [6, 6.07) is 3.22. The lowest BCUT2D eigenvalue weighted by Gasteiger charge is -2.13. The molecule has 1 fully saturated rings. The highest BCUT2D eigenvalue weighted by molar-refractivity contribution is 7.80. The molecule has 15 heavy (non-hydrogen) atoms. The van der Waals surface area contributed by atoms with Crippen LogP contribution in [0, 0.1) is 17.0 Å². The van der Waals surface area contributed by atoms with Gasteiger partial charge in [0.15, 0.2) is 11.6 Å². The Morgan fingerprint density at radius 2 is 2.07 bits per heavy atom. The number of ether oxygens (including phenoxy) is 1. The summed E-state index contributed by atoms with van der Waals surface area (Å²) in [6.45, 7) is 0.414. The zero-order chi connectivity index (χ0) is 10.9. The van der Waals surface area contributed by atoms with Gasteiger partial charge in [0, 0.05) is 11.5 Å². The van der Waals surface area contributed by atoms with Gasteiger partial charge in [0.1, 0.15) is 5.82 Å². The first-order chi connectivity index (χ1) is 7.15. The van der Waals surface area contributed by atoms with Crippen LogP contribution in [0.3, 0.4) is 0 Å². The monoisotopic (exact) mass is 230 g/mol. The van der Waals surface area contributed by atoms with Gasteiger partial charge in [0.05, 0.1) is 6.61 Å². The summed E-state index contributed by atoms with van der Waals surface area (Å²) in [5, 5.41) is 0. The molecule has 0 amide bonds. The molecule has 0 atom stereocenters. The van der Waals surface area contributed by atoms with E-state index in [4.69, 9.17) is 4.74 Å². The van der Waals surface area contributed by atoms with Crippen molar-refractivity contribution in [2.45, 2.75) is 12.8 Å². The van der Waals surface area contributed by atoms with Gasteiger partial charge in [-0.3, -0.25) is 0 Å². The summed E-state index contributed by atoms with van der Waals surface area (Å²) >= 11 is 4.21. The first kappa shape index (κ1) is 10.7. The fourth-order valence-corrected chi connectivity index (χ4v) is 1.75. The smallest absolute Gasteiger partial charge is 0.165 e. The van der Waals surface area contributed by atoms with E-state index in [-0.39, 0.29) is 11.2 Å². The Kier molecular flexibility index (Phi) is 2.87. The van der Waals surface area contributed by atoms with E-state index in [9.17, 15) is 8.78 Å². The van der Waals surface area contributed by atoms with Crippen LogP contribution in [-0.2, 0) is 0 Å². The molecule has 1 saturated carbocycles. The lowest BCUT2D eigenvalue weighted by Crippen LogP contribution is -2.15. The van der Waals surface area contributed by atoms with Crippen molar-refractivity contribution in [3.8, 4) is 5.75 Å². The summed E-state index contributed by atoms with van der Waals surface area (Å²) in [5.41, 5.74) is 0.0852. The molecule has 0 aromatic heterocycles. The minimum atomic E-state index is -0.522. The highest BCUT2D eigenvalue weighted by Gasteiger charge is 2.42. The molecule has 0 radical (unpaired) electrons. The second kappa shape index (κ2) is 4.00. The molecular formula is C11H12F2OS. The standard InChI is InChI=1S/C11H12F2OS/c12-8-1-2-9(13)10(5-8)14-6-11(7-15)3-4-11/h1-2,5,15H,3-4,6-7H2. The van der Waals surface area contributed by atoms with Crippen molar-refractivity contribution in [2.24, 2.45) is 5.41 Å². The van der Waals surface area contributed by atoms with Crippen molar-refractivity contribution in [2.75, 3.05) is 12.4 Å². The molecule has 0 heterocycles. The minimum absolute atomic E-state index is 0.0111. The van der Waals surface area contributed by atoms with E-state index < -0.39 is 11.6 Å². The third kappa shape index (κ3) is 2.43. The van der Waals surface area contributed by atoms with Crippen LogP contribution >= 0.6 is 12.6 Å². The van der Waals surface area contributed by atoms with Gasteiger partial charge in [-0.05, 0) is 30.7 Å². The highest BCUT2D eigenvalue weighted by Crippen LogP contribution is 2.46. The predicted octanol–water partition coefficient (Wildman–Crippen LogP) is 3.05. The average Bonchev–Trinajstić information content (AvgIpc) is 3.00. The number of hydrogen-bond donors (Lipinski definition) is 1. The normalized spacial score (nSPS) is 17.5. The van der Waals surface area contributed by atoms with Crippen molar-refractivity contribution in [3.05, 3.63) is 29.8 Å². The SMILES string of the molecule is Fc1ccc(F)c(OCC2(CS)CC2)c1. The van der Waals surface area contributed by atoms with Gasteiger partial charge in [0.25, 0.3) is 0 Å². The molecular weight excluding hydrogens is 218 g/mol. The fourth-order valence-electron chi connectivity index (χ4n) is 1.34.